The summed E-state index contributed by atoms with van der Waals surface area (Å²) in [5.74, 6) is 0. The first kappa shape index (κ1) is 14.9. The molecule has 0 amide bonds. The van der Waals surface area contributed by atoms with E-state index in [-0.39, 0.29) is 0 Å². The van der Waals surface area contributed by atoms with Gasteiger partial charge in [-0.05, 0) is 73.3 Å². The molecule has 0 aliphatic heterocycles. The molecule has 26 heavy (non-hydrogen) atoms. The molecule has 5 aromatic rings. The normalized spacial score (nSPS) is 11.2. The standard InChI is InChI=1S/C26H18/c1-2-18-10-11-20-15-21-12-13-22(16-24(21)17-23(20)14-18)26-9-5-7-19-6-3-4-8-25(19)26/h2-17H,1H2. The van der Waals surface area contributed by atoms with Crippen molar-refractivity contribution in [1.29, 1.82) is 0 Å². The van der Waals surface area contributed by atoms with E-state index in [1.54, 1.807) is 0 Å². The minimum atomic E-state index is 1.15. The average Bonchev–Trinajstić information content (AvgIpc) is 2.71. The zero-order valence-corrected chi connectivity index (χ0v) is 14.4. The van der Waals surface area contributed by atoms with Crippen LogP contribution in [-0.4, -0.2) is 0 Å². The van der Waals surface area contributed by atoms with Gasteiger partial charge in [-0.3, -0.25) is 0 Å². The summed E-state index contributed by atoms with van der Waals surface area (Å²) in [6.45, 7) is 3.88. The highest BCUT2D eigenvalue weighted by Crippen LogP contribution is 2.32. The van der Waals surface area contributed by atoms with E-state index in [1.807, 2.05) is 6.08 Å². The lowest BCUT2D eigenvalue weighted by Crippen LogP contribution is -1.83. The van der Waals surface area contributed by atoms with E-state index in [4.69, 9.17) is 0 Å². The van der Waals surface area contributed by atoms with Crippen molar-refractivity contribution < 1.29 is 0 Å². The molecule has 0 aliphatic carbocycles. The van der Waals surface area contributed by atoms with Crippen molar-refractivity contribution in [2.75, 3.05) is 0 Å². The van der Waals surface area contributed by atoms with Crippen LogP contribution in [0.5, 0.6) is 0 Å². The van der Waals surface area contributed by atoms with Crippen LogP contribution < -0.4 is 0 Å². The fourth-order valence-electron chi connectivity index (χ4n) is 3.79. The second-order valence-corrected chi connectivity index (χ2v) is 6.75. The van der Waals surface area contributed by atoms with Crippen molar-refractivity contribution in [1.82, 2.24) is 0 Å². The molecule has 0 heterocycles. The fourth-order valence-corrected chi connectivity index (χ4v) is 3.79. The highest BCUT2D eigenvalue weighted by atomic mass is 14.1. The molecule has 0 saturated heterocycles. The van der Waals surface area contributed by atoms with Gasteiger partial charge in [0.2, 0.25) is 0 Å². The lowest BCUT2D eigenvalue weighted by molar-refractivity contribution is 1.68. The van der Waals surface area contributed by atoms with Crippen LogP contribution in [0.2, 0.25) is 0 Å². The van der Waals surface area contributed by atoms with Crippen LogP contribution in [0.4, 0.5) is 0 Å². The highest BCUT2D eigenvalue weighted by molar-refractivity contribution is 6.03. The topological polar surface area (TPSA) is 0 Å². The molecule has 0 aromatic heterocycles. The SMILES string of the molecule is C=Cc1ccc2cc3ccc(-c4cccc5ccccc45)cc3cc2c1. The summed E-state index contributed by atoms with van der Waals surface area (Å²) in [6.07, 6.45) is 1.90. The van der Waals surface area contributed by atoms with Crippen LogP contribution in [0, 0.1) is 0 Å². The van der Waals surface area contributed by atoms with Crippen molar-refractivity contribution in [3.63, 3.8) is 0 Å². The number of benzene rings is 5. The maximum atomic E-state index is 3.88. The predicted molar refractivity (Wildman–Crippen MR) is 114 cm³/mol. The van der Waals surface area contributed by atoms with E-state index in [0.29, 0.717) is 0 Å². The molecule has 0 nitrogen and oxygen atoms in total. The van der Waals surface area contributed by atoms with Gasteiger partial charge in [0.25, 0.3) is 0 Å². The Kier molecular flexibility index (Phi) is 3.36. The molecular formula is C26H18. The minimum Gasteiger partial charge on any atom is -0.0985 e. The third-order valence-corrected chi connectivity index (χ3v) is 5.16. The van der Waals surface area contributed by atoms with Crippen molar-refractivity contribution in [2.45, 2.75) is 0 Å². The number of hydrogen-bond donors (Lipinski definition) is 0. The second-order valence-electron chi connectivity index (χ2n) is 6.75. The van der Waals surface area contributed by atoms with Gasteiger partial charge in [0.1, 0.15) is 0 Å². The Hall–Kier alpha value is -3.38. The quantitative estimate of drug-likeness (QED) is 0.295. The summed E-state index contributed by atoms with van der Waals surface area (Å²) in [7, 11) is 0. The zero-order valence-electron chi connectivity index (χ0n) is 14.4. The third-order valence-electron chi connectivity index (χ3n) is 5.16. The van der Waals surface area contributed by atoms with E-state index >= 15 is 0 Å². The van der Waals surface area contributed by atoms with Gasteiger partial charge in [-0.1, -0.05) is 79.4 Å². The summed E-state index contributed by atoms with van der Waals surface area (Å²) in [4.78, 5) is 0. The van der Waals surface area contributed by atoms with Crippen molar-refractivity contribution >= 4 is 38.4 Å². The Balaban J connectivity index is 1.76. The van der Waals surface area contributed by atoms with E-state index in [1.165, 1.54) is 43.4 Å². The van der Waals surface area contributed by atoms with E-state index in [0.717, 1.165) is 5.56 Å². The van der Waals surface area contributed by atoms with Gasteiger partial charge in [-0.2, -0.15) is 0 Å². The fraction of sp³-hybridized carbons (Fsp3) is 0. The van der Waals surface area contributed by atoms with Gasteiger partial charge in [0.15, 0.2) is 0 Å². The molecule has 0 fully saturated rings. The van der Waals surface area contributed by atoms with E-state index in [9.17, 15) is 0 Å². The van der Waals surface area contributed by atoms with Crippen LogP contribution in [-0.2, 0) is 0 Å². The first-order chi connectivity index (χ1) is 12.8. The number of fused-ring (bicyclic) bond motifs is 3. The first-order valence-electron chi connectivity index (χ1n) is 8.90. The second kappa shape index (κ2) is 5.86. The maximum absolute atomic E-state index is 3.88. The first-order valence-corrected chi connectivity index (χ1v) is 8.90. The van der Waals surface area contributed by atoms with Gasteiger partial charge in [0, 0.05) is 0 Å². The average molecular weight is 330 g/mol. The van der Waals surface area contributed by atoms with Gasteiger partial charge >= 0.3 is 0 Å². The molecular weight excluding hydrogens is 312 g/mol. The monoisotopic (exact) mass is 330 g/mol. The van der Waals surface area contributed by atoms with E-state index < -0.39 is 0 Å². The Morgan fingerprint density at radius 1 is 0.538 bits per heavy atom. The summed E-state index contributed by atoms with van der Waals surface area (Å²) in [5.41, 5.74) is 3.69. The lowest BCUT2D eigenvalue weighted by Gasteiger charge is -2.09. The van der Waals surface area contributed by atoms with Crippen molar-refractivity contribution in [3.8, 4) is 11.1 Å². The molecule has 0 radical (unpaired) electrons. The van der Waals surface area contributed by atoms with Crippen LogP contribution in [0.3, 0.4) is 0 Å². The Bertz CT molecular complexity index is 1290. The summed E-state index contributed by atoms with van der Waals surface area (Å²) in [6, 6.07) is 32.9. The van der Waals surface area contributed by atoms with Crippen molar-refractivity contribution in [2.24, 2.45) is 0 Å². The maximum Gasteiger partial charge on any atom is -0.0105 e. The van der Waals surface area contributed by atoms with Crippen LogP contribution in [0.15, 0.2) is 97.6 Å². The molecule has 0 atom stereocenters. The van der Waals surface area contributed by atoms with Gasteiger partial charge < -0.3 is 0 Å². The smallest absolute Gasteiger partial charge is 0.0105 e. The molecule has 0 bridgehead atoms. The van der Waals surface area contributed by atoms with Gasteiger partial charge in [-0.15, -0.1) is 0 Å². The summed E-state index contributed by atoms with van der Waals surface area (Å²) in [5, 5.41) is 7.63. The molecule has 0 aliphatic rings. The molecule has 0 unspecified atom stereocenters. The predicted octanol–water partition coefficient (Wildman–Crippen LogP) is 7.46. The molecule has 5 aromatic carbocycles. The molecule has 122 valence electrons. The van der Waals surface area contributed by atoms with Gasteiger partial charge in [0.05, 0.1) is 0 Å². The molecule has 0 saturated carbocycles. The Labute approximate surface area is 153 Å². The third kappa shape index (κ3) is 2.39. The molecule has 0 N–H and O–H groups in total. The molecule has 0 heteroatoms. The zero-order chi connectivity index (χ0) is 17.5. The largest absolute Gasteiger partial charge is 0.0985 e. The minimum absolute atomic E-state index is 1.15. The lowest BCUT2D eigenvalue weighted by atomic mass is 9.95. The number of rotatable bonds is 2. The Morgan fingerprint density at radius 3 is 2.15 bits per heavy atom. The van der Waals surface area contributed by atoms with Crippen molar-refractivity contribution in [3.05, 3.63) is 103 Å². The van der Waals surface area contributed by atoms with Crippen LogP contribution in [0.1, 0.15) is 5.56 Å². The van der Waals surface area contributed by atoms with Crippen LogP contribution in [0.25, 0.3) is 49.5 Å². The molecule has 0 spiro atoms. The highest BCUT2D eigenvalue weighted by Gasteiger charge is 2.05. The van der Waals surface area contributed by atoms with E-state index in [2.05, 4.69) is 97.6 Å². The number of hydrogen-bond acceptors (Lipinski definition) is 0. The summed E-state index contributed by atoms with van der Waals surface area (Å²) < 4.78 is 0. The summed E-state index contributed by atoms with van der Waals surface area (Å²) >= 11 is 0. The van der Waals surface area contributed by atoms with Crippen LogP contribution >= 0.6 is 0 Å². The molecule has 5 rings (SSSR count). The van der Waals surface area contributed by atoms with Gasteiger partial charge in [-0.25, -0.2) is 0 Å². The Morgan fingerprint density at radius 2 is 1.27 bits per heavy atom.